The first-order valence-corrected chi connectivity index (χ1v) is 7.04. The molecule has 0 unspecified atom stereocenters. The summed E-state index contributed by atoms with van der Waals surface area (Å²) in [7, 11) is 0. The van der Waals surface area contributed by atoms with Gasteiger partial charge in [0.25, 0.3) is 0 Å². The van der Waals surface area contributed by atoms with Gasteiger partial charge in [-0.1, -0.05) is 18.2 Å². The van der Waals surface area contributed by atoms with Crippen LogP contribution in [0.1, 0.15) is 19.3 Å². The summed E-state index contributed by atoms with van der Waals surface area (Å²) in [6.07, 6.45) is 3.07. The molecule has 102 valence electrons. The third kappa shape index (κ3) is 2.96. The van der Waals surface area contributed by atoms with Crippen LogP contribution in [0.4, 0.5) is 5.69 Å². The molecule has 4 heteroatoms. The standard InChI is InChI=1S/C15H20N2O2/c18-15(17-12-4-2-1-3-5-12)11-6-7-14-13(10-11)16-8-9-19-14/h1-5,11,13-14,16H,6-10H2,(H,17,18)/t11-,13+,14+/m0/s1. The molecule has 1 saturated heterocycles. The number of carbonyl (C=O) groups excluding carboxylic acids is 1. The van der Waals surface area contributed by atoms with E-state index in [9.17, 15) is 4.79 Å². The number of rotatable bonds is 2. The Balaban J connectivity index is 1.59. The Morgan fingerprint density at radius 1 is 1.26 bits per heavy atom. The number of benzene rings is 1. The van der Waals surface area contributed by atoms with E-state index in [1.54, 1.807) is 0 Å². The minimum Gasteiger partial charge on any atom is -0.375 e. The van der Waals surface area contributed by atoms with Gasteiger partial charge in [0.2, 0.25) is 5.91 Å². The molecule has 1 aromatic carbocycles. The summed E-state index contributed by atoms with van der Waals surface area (Å²) in [6, 6.07) is 10.0. The summed E-state index contributed by atoms with van der Waals surface area (Å²) in [5.74, 6) is 0.229. The van der Waals surface area contributed by atoms with Gasteiger partial charge in [-0.15, -0.1) is 0 Å². The van der Waals surface area contributed by atoms with Crippen LogP contribution in [0.3, 0.4) is 0 Å². The third-order valence-corrected chi connectivity index (χ3v) is 4.04. The van der Waals surface area contributed by atoms with Gasteiger partial charge in [0.15, 0.2) is 0 Å². The van der Waals surface area contributed by atoms with Crippen molar-refractivity contribution in [3.8, 4) is 0 Å². The highest BCUT2D eigenvalue weighted by Gasteiger charge is 2.35. The van der Waals surface area contributed by atoms with Crippen molar-refractivity contribution >= 4 is 11.6 Å². The molecule has 0 radical (unpaired) electrons. The molecular weight excluding hydrogens is 240 g/mol. The number of anilines is 1. The van der Waals surface area contributed by atoms with E-state index < -0.39 is 0 Å². The number of morpholine rings is 1. The molecule has 0 bridgehead atoms. The quantitative estimate of drug-likeness (QED) is 0.852. The zero-order valence-electron chi connectivity index (χ0n) is 11.0. The Morgan fingerprint density at radius 2 is 2.11 bits per heavy atom. The maximum absolute atomic E-state index is 12.3. The molecule has 1 aliphatic heterocycles. The van der Waals surface area contributed by atoms with Gasteiger partial charge >= 0.3 is 0 Å². The molecule has 0 aromatic heterocycles. The van der Waals surface area contributed by atoms with E-state index in [1.807, 2.05) is 30.3 Å². The first-order chi connectivity index (χ1) is 9.33. The average Bonchev–Trinajstić information content (AvgIpc) is 2.48. The number of amides is 1. The van der Waals surface area contributed by atoms with Crippen LogP contribution < -0.4 is 10.6 Å². The van der Waals surface area contributed by atoms with Crippen LogP contribution in [0, 0.1) is 5.92 Å². The number of fused-ring (bicyclic) bond motifs is 1. The average molecular weight is 260 g/mol. The van der Waals surface area contributed by atoms with E-state index in [-0.39, 0.29) is 11.8 Å². The van der Waals surface area contributed by atoms with Crippen molar-refractivity contribution in [2.45, 2.75) is 31.4 Å². The second-order valence-corrected chi connectivity index (χ2v) is 5.34. The van der Waals surface area contributed by atoms with E-state index >= 15 is 0 Å². The fourth-order valence-corrected chi connectivity index (χ4v) is 3.02. The van der Waals surface area contributed by atoms with E-state index in [4.69, 9.17) is 4.74 Å². The lowest BCUT2D eigenvalue weighted by molar-refractivity contribution is -0.123. The Hall–Kier alpha value is -1.39. The van der Waals surface area contributed by atoms with Crippen molar-refractivity contribution in [1.82, 2.24) is 5.32 Å². The number of hydrogen-bond donors (Lipinski definition) is 2. The van der Waals surface area contributed by atoms with Gasteiger partial charge in [-0.2, -0.15) is 0 Å². The highest BCUT2D eigenvalue weighted by atomic mass is 16.5. The number of ether oxygens (including phenoxy) is 1. The summed E-state index contributed by atoms with van der Waals surface area (Å²) in [5.41, 5.74) is 0.877. The lowest BCUT2D eigenvalue weighted by atomic mass is 9.82. The van der Waals surface area contributed by atoms with Crippen LogP contribution in [-0.4, -0.2) is 31.2 Å². The molecule has 1 aliphatic carbocycles. The maximum atomic E-state index is 12.3. The SMILES string of the molecule is O=C(Nc1ccccc1)[C@H]1CC[C@H]2OCCN[C@@H]2C1. The minimum atomic E-state index is 0.0932. The predicted octanol–water partition coefficient (Wildman–Crippen LogP) is 1.78. The van der Waals surface area contributed by atoms with E-state index in [0.29, 0.717) is 12.1 Å². The van der Waals surface area contributed by atoms with Gasteiger partial charge in [0, 0.05) is 24.2 Å². The molecule has 3 atom stereocenters. The summed E-state index contributed by atoms with van der Waals surface area (Å²) in [4.78, 5) is 12.3. The Bertz CT molecular complexity index is 435. The van der Waals surface area contributed by atoms with Crippen LogP contribution in [0.2, 0.25) is 0 Å². The lowest BCUT2D eigenvalue weighted by Crippen LogP contribution is -2.52. The molecule has 1 aromatic rings. The smallest absolute Gasteiger partial charge is 0.227 e. The van der Waals surface area contributed by atoms with Gasteiger partial charge in [0.1, 0.15) is 0 Å². The fraction of sp³-hybridized carbons (Fsp3) is 0.533. The third-order valence-electron chi connectivity index (χ3n) is 4.04. The molecule has 1 heterocycles. The van der Waals surface area contributed by atoms with Crippen LogP contribution in [0.5, 0.6) is 0 Å². The van der Waals surface area contributed by atoms with Crippen LogP contribution >= 0.6 is 0 Å². The topological polar surface area (TPSA) is 50.4 Å². The molecular formula is C15H20N2O2. The number of hydrogen-bond acceptors (Lipinski definition) is 3. The molecule has 2 aliphatic rings. The summed E-state index contributed by atoms with van der Waals surface area (Å²) < 4.78 is 5.73. The van der Waals surface area contributed by atoms with Gasteiger partial charge < -0.3 is 15.4 Å². The van der Waals surface area contributed by atoms with Crippen molar-refractivity contribution in [1.29, 1.82) is 0 Å². The maximum Gasteiger partial charge on any atom is 0.227 e. The van der Waals surface area contributed by atoms with E-state index in [2.05, 4.69) is 10.6 Å². The largest absolute Gasteiger partial charge is 0.375 e. The summed E-state index contributed by atoms with van der Waals surface area (Å²) in [5, 5.41) is 6.46. The normalized spacial score (nSPS) is 30.4. The van der Waals surface area contributed by atoms with Crippen molar-refractivity contribution < 1.29 is 9.53 Å². The van der Waals surface area contributed by atoms with Crippen molar-refractivity contribution in [3.05, 3.63) is 30.3 Å². The predicted molar refractivity (Wildman–Crippen MR) is 73.9 cm³/mol. The number of nitrogens with one attached hydrogen (secondary N) is 2. The molecule has 4 nitrogen and oxygen atoms in total. The number of para-hydroxylation sites is 1. The first kappa shape index (κ1) is 12.6. The van der Waals surface area contributed by atoms with Crippen molar-refractivity contribution in [2.24, 2.45) is 5.92 Å². The second kappa shape index (κ2) is 5.72. The first-order valence-electron chi connectivity index (χ1n) is 7.04. The molecule has 2 fully saturated rings. The molecule has 2 N–H and O–H groups in total. The lowest BCUT2D eigenvalue weighted by Gasteiger charge is -2.39. The Kier molecular flexibility index (Phi) is 3.80. The molecule has 3 rings (SSSR count). The van der Waals surface area contributed by atoms with Crippen LogP contribution in [-0.2, 0) is 9.53 Å². The van der Waals surface area contributed by atoms with Gasteiger partial charge in [-0.3, -0.25) is 4.79 Å². The van der Waals surface area contributed by atoms with Crippen molar-refractivity contribution in [3.63, 3.8) is 0 Å². The van der Waals surface area contributed by atoms with Crippen molar-refractivity contribution in [2.75, 3.05) is 18.5 Å². The highest BCUT2D eigenvalue weighted by molar-refractivity contribution is 5.92. The fourth-order valence-electron chi connectivity index (χ4n) is 3.02. The zero-order valence-corrected chi connectivity index (χ0v) is 11.0. The molecule has 1 saturated carbocycles. The monoisotopic (exact) mass is 260 g/mol. The van der Waals surface area contributed by atoms with Gasteiger partial charge in [-0.25, -0.2) is 0 Å². The minimum absolute atomic E-state index is 0.0932. The van der Waals surface area contributed by atoms with Crippen LogP contribution in [0.15, 0.2) is 30.3 Å². The van der Waals surface area contributed by atoms with Gasteiger partial charge in [0.05, 0.1) is 12.7 Å². The molecule has 19 heavy (non-hydrogen) atoms. The summed E-state index contributed by atoms with van der Waals surface area (Å²) in [6.45, 7) is 1.69. The van der Waals surface area contributed by atoms with E-state index in [1.165, 1.54) is 0 Å². The second-order valence-electron chi connectivity index (χ2n) is 5.34. The Morgan fingerprint density at radius 3 is 2.95 bits per heavy atom. The number of carbonyl (C=O) groups is 1. The Labute approximate surface area is 113 Å². The molecule has 0 spiro atoms. The molecule has 1 amide bonds. The summed E-state index contributed by atoms with van der Waals surface area (Å²) >= 11 is 0. The zero-order chi connectivity index (χ0) is 13.1. The highest BCUT2D eigenvalue weighted by Crippen LogP contribution is 2.29. The van der Waals surface area contributed by atoms with E-state index in [0.717, 1.165) is 38.1 Å². The van der Waals surface area contributed by atoms with Crippen LogP contribution in [0.25, 0.3) is 0 Å². The van der Waals surface area contributed by atoms with Gasteiger partial charge in [-0.05, 0) is 31.4 Å².